The van der Waals surface area contributed by atoms with Gasteiger partial charge in [0.25, 0.3) is 5.91 Å². The van der Waals surface area contributed by atoms with Crippen molar-refractivity contribution in [2.45, 2.75) is 17.9 Å². The van der Waals surface area contributed by atoms with E-state index < -0.39 is 0 Å². The standard InChI is InChI=1S/C13H18N2OS/c1-10-9-15(8-7-14-10)13(16)11-5-3-4-6-12(11)17-2/h3-6,10,14H,7-9H2,1-2H3/t10-/m1/s1. The summed E-state index contributed by atoms with van der Waals surface area (Å²) in [6.07, 6.45) is 2.01. The predicted octanol–water partition coefficient (Wildman–Crippen LogP) is 1.84. The summed E-state index contributed by atoms with van der Waals surface area (Å²) in [6, 6.07) is 8.21. The molecule has 1 aromatic rings. The van der Waals surface area contributed by atoms with Crippen molar-refractivity contribution in [2.75, 3.05) is 25.9 Å². The average molecular weight is 250 g/mol. The van der Waals surface area contributed by atoms with Crippen molar-refractivity contribution in [3.8, 4) is 0 Å². The molecule has 17 heavy (non-hydrogen) atoms. The zero-order chi connectivity index (χ0) is 12.3. The second-order valence-electron chi connectivity index (χ2n) is 4.31. The van der Waals surface area contributed by atoms with E-state index >= 15 is 0 Å². The number of nitrogens with one attached hydrogen (secondary N) is 1. The zero-order valence-corrected chi connectivity index (χ0v) is 11.1. The molecule has 1 aromatic carbocycles. The third-order valence-electron chi connectivity index (χ3n) is 2.99. The first-order valence-electron chi connectivity index (χ1n) is 5.88. The molecule has 1 aliphatic rings. The molecule has 0 aromatic heterocycles. The molecule has 1 saturated heterocycles. The summed E-state index contributed by atoms with van der Waals surface area (Å²) in [5.74, 6) is 0.156. The van der Waals surface area contributed by atoms with Crippen LogP contribution in [0.1, 0.15) is 17.3 Å². The van der Waals surface area contributed by atoms with Gasteiger partial charge in [-0.2, -0.15) is 0 Å². The highest BCUT2D eigenvalue weighted by atomic mass is 32.2. The summed E-state index contributed by atoms with van der Waals surface area (Å²) in [6.45, 7) is 4.59. The fraction of sp³-hybridized carbons (Fsp3) is 0.462. The first kappa shape index (κ1) is 12.5. The molecule has 1 atom stereocenters. The summed E-state index contributed by atoms with van der Waals surface area (Å²) in [5, 5.41) is 3.35. The number of rotatable bonds is 2. The lowest BCUT2D eigenvalue weighted by Gasteiger charge is -2.32. The molecule has 1 N–H and O–H groups in total. The lowest BCUT2D eigenvalue weighted by molar-refractivity contribution is 0.0705. The van der Waals surface area contributed by atoms with Crippen LogP contribution < -0.4 is 5.32 Å². The fourth-order valence-corrected chi connectivity index (χ4v) is 2.70. The normalized spacial score (nSPS) is 20.4. The van der Waals surface area contributed by atoms with E-state index in [4.69, 9.17) is 0 Å². The highest BCUT2D eigenvalue weighted by Gasteiger charge is 2.22. The maximum atomic E-state index is 12.4. The van der Waals surface area contributed by atoms with Crippen molar-refractivity contribution >= 4 is 17.7 Å². The fourth-order valence-electron chi connectivity index (χ4n) is 2.11. The Labute approximate surface area is 107 Å². The van der Waals surface area contributed by atoms with Gasteiger partial charge in [-0.05, 0) is 25.3 Å². The molecule has 0 bridgehead atoms. The van der Waals surface area contributed by atoms with Crippen LogP contribution in [0.2, 0.25) is 0 Å². The number of thioether (sulfide) groups is 1. The first-order chi connectivity index (χ1) is 8.22. The Morgan fingerprint density at radius 2 is 2.24 bits per heavy atom. The van der Waals surface area contributed by atoms with Crippen LogP contribution in [0.15, 0.2) is 29.2 Å². The van der Waals surface area contributed by atoms with E-state index in [1.54, 1.807) is 11.8 Å². The Kier molecular flexibility index (Phi) is 4.07. The quantitative estimate of drug-likeness (QED) is 0.813. The van der Waals surface area contributed by atoms with Gasteiger partial charge < -0.3 is 10.2 Å². The van der Waals surface area contributed by atoms with Gasteiger partial charge in [-0.25, -0.2) is 0 Å². The van der Waals surface area contributed by atoms with Crippen molar-refractivity contribution < 1.29 is 4.79 Å². The number of hydrogen-bond acceptors (Lipinski definition) is 3. The third-order valence-corrected chi connectivity index (χ3v) is 3.79. The van der Waals surface area contributed by atoms with Crippen LogP contribution >= 0.6 is 11.8 Å². The Morgan fingerprint density at radius 1 is 1.47 bits per heavy atom. The van der Waals surface area contributed by atoms with Crippen molar-refractivity contribution in [3.63, 3.8) is 0 Å². The molecule has 0 spiro atoms. The summed E-state index contributed by atoms with van der Waals surface area (Å²) in [4.78, 5) is 15.4. The smallest absolute Gasteiger partial charge is 0.255 e. The predicted molar refractivity (Wildman–Crippen MR) is 71.6 cm³/mol. The highest BCUT2D eigenvalue weighted by Crippen LogP contribution is 2.21. The molecule has 0 aliphatic carbocycles. The van der Waals surface area contributed by atoms with Gasteiger partial charge in [-0.15, -0.1) is 11.8 Å². The average Bonchev–Trinajstić information content (AvgIpc) is 2.38. The van der Waals surface area contributed by atoms with Gasteiger partial charge in [0.2, 0.25) is 0 Å². The molecule has 0 radical (unpaired) electrons. The van der Waals surface area contributed by atoms with Crippen LogP contribution in [0.25, 0.3) is 0 Å². The largest absolute Gasteiger partial charge is 0.336 e. The number of nitrogens with zero attached hydrogens (tertiary/aromatic N) is 1. The van der Waals surface area contributed by atoms with E-state index in [2.05, 4.69) is 12.2 Å². The lowest BCUT2D eigenvalue weighted by Crippen LogP contribution is -2.51. The maximum Gasteiger partial charge on any atom is 0.255 e. The molecular formula is C13H18N2OS. The van der Waals surface area contributed by atoms with E-state index in [0.29, 0.717) is 6.04 Å². The SMILES string of the molecule is CSc1ccccc1C(=O)N1CCN[C@H](C)C1. The van der Waals surface area contributed by atoms with Gasteiger partial charge in [0, 0.05) is 30.6 Å². The zero-order valence-electron chi connectivity index (χ0n) is 10.3. The van der Waals surface area contributed by atoms with Crippen molar-refractivity contribution in [1.82, 2.24) is 10.2 Å². The second-order valence-corrected chi connectivity index (χ2v) is 5.15. The highest BCUT2D eigenvalue weighted by molar-refractivity contribution is 7.98. The number of carbonyl (C=O) groups excluding carboxylic acids is 1. The third kappa shape index (κ3) is 2.82. The summed E-state index contributed by atoms with van der Waals surface area (Å²) in [5.41, 5.74) is 0.828. The number of piperazine rings is 1. The van der Waals surface area contributed by atoms with E-state index in [9.17, 15) is 4.79 Å². The Hall–Kier alpha value is -1.00. The molecule has 3 nitrogen and oxygen atoms in total. The lowest BCUT2D eigenvalue weighted by atomic mass is 10.1. The van der Waals surface area contributed by atoms with Gasteiger partial charge in [0.15, 0.2) is 0 Å². The van der Waals surface area contributed by atoms with Gasteiger partial charge in [-0.1, -0.05) is 12.1 Å². The molecule has 1 heterocycles. The van der Waals surface area contributed by atoms with E-state index in [1.165, 1.54) is 0 Å². The van der Waals surface area contributed by atoms with Crippen LogP contribution in [0.3, 0.4) is 0 Å². The minimum atomic E-state index is 0.156. The summed E-state index contributed by atoms with van der Waals surface area (Å²) in [7, 11) is 0. The van der Waals surface area contributed by atoms with Crippen molar-refractivity contribution in [1.29, 1.82) is 0 Å². The van der Waals surface area contributed by atoms with Crippen molar-refractivity contribution in [2.24, 2.45) is 0 Å². The van der Waals surface area contributed by atoms with Gasteiger partial charge >= 0.3 is 0 Å². The molecule has 1 fully saturated rings. The first-order valence-corrected chi connectivity index (χ1v) is 7.10. The van der Waals surface area contributed by atoms with Crippen LogP contribution in [-0.2, 0) is 0 Å². The Morgan fingerprint density at radius 3 is 2.94 bits per heavy atom. The number of benzene rings is 1. The van der Waals surface area contributed by atoms with Crippen LogP contribution in [0, 0.1) is 0 Å². The molecule has 2 rings (SSSR count). The molecule has 0 unspecified atom stereocenters. The number of carbonyl (C=O) groups is 1. The molecule has 1 aliphatic heterocycles. The van der Waals surface area contributed by atoms with Crippen LogP contribution in [0.4, 0.5) is 0 Å². The molecule has 1 amide bonds. The minimum absolute atomic E-state index is 0.156. The van der Waals surface area contributed by atoms with Crippen LogP contribution in [0.5, 0.6) is 0 Å². The summed E-state index contributed by atoms with van der Waals surface area (Å²) >= 11 is 1.63. The Balaban J connectivity index is 2.18. The monoisotopic (exact) mass is 250 g/mol. The van der Waals surface area contributed by atoms with Gasteiger partial charge in [-0.3, -0.25) is 4.79 Å². The minimum Gasteiger partial charge on any atom is -0.336 e. The topological polar surface area (TPSA) is 32.3 Å². The number of hydrogen-bond donors (Lipinski definition) is 1. The van der Waals surface area contributed by atoms with Gasteiger partial charge in [0.1, 0.15) is 0 Å². The summed E-state index contributed by atoms with van der Waals surface area (Å²) < 4.78 is 0. The van der Waals surface area contributed by atoms with E-state index in [0.717, 1.165) is 30.1 Å². The maximum absolute atomic E-state index is 12.4. The van der Waals surface area contributed by atoms with E-state index in [1.807, 2.05) is 35.4 Å². The molecular weight excluding hydrogens is 232 g/mol. The second kappa shape index (κ2) is 5.56. The van der Waals surface area contributed by atoms with Gasteiger partial charge in [0.05, 0.1) is 5.56 Å². The molecule has 92 valence electrons. The Bertz CT molecular complexity index is 408. The van der Waals surface area contributed by atoms with Crippen molar-refractivity contribution in [3.05, 3.63) is 29.8 Å². The molecule has 0 saturated carbocycles. The molecule has 4 heteroatoms. The van der Waals surface area contributed by atoms with E-state index in [-0.39, 0.29) is 5.91 Å². The number of amides is 1. The van der Waals surface area contributed by atoms with Crippen LogP contribution in [-0.4, -0.2) is 42.7 Å².